The van der Waals surface area contributed by atoms with Crippen molar-refractivity contribution in [2.24, 2.45) is 5.41 Å². The van der Waals surface area contributed by atoms with E-state index in [4.69, 9.17) is 14.6 Å². The van der Waals surface area contributed by atoms with E-state index >= 15 is 0 Å². The van der Waals surface area contributed by atoms with Crippen molar-refractivity contribution in [2.45, 2.75) is 13.2 Å². The summed E-state index contributed by atoms with van der Waals surface area (Å²) < 4.78 is 10.9. The molecule has 0 saturated carbocycles. The molecule has 1 saturated heterocycles. The Morgan fingerprint density at radius 3 is 2.38 bits per heavy atom. The average Bonchev–Trinajstić information content (AvgIpc) is 2.31. The molecule has 1 N–H and O–H groups in total. The number of ether oxygens (including phenoxy) is 2. The van der Waals surface area contributed by atoms with Crippen molar-refractivity contribution in [3.63, 3.8) is 0 Å². The summed E-state index contributed by atoms with van der Waals surface area (Å²) in [5.74, 6) is -0.890. The molecule has 1 aliphatic rings. The van der Waals surface area contributed by atoms with E-state index in [1.54, 1.807) is 6.92 Å². The third-order valence-corrected chi connectivity index (χ3v) is 2.69. The molecule has 0 radical (unpaired) electrons. The van der Waals surface area contributed by atoms with Crippen molar-refractivity contribution >= 4 is 5.97 Å². The van der Waals surface area contributed by atoms with Crippen LogP contribution in [0.15, 0.2) is 30.3 Å². The van der Waals surface area contributed by atoms with Gasteiger partial charge in [0.05, 0.1) is 13.2 Å². The van der Waals surface area contributed by atoms with Gasteiger partial charge in [-0.2, -0.15) is 0 Å². The molecule has 0 aliphatic carbocycles. The van der Waals surface area contributed by atoms with E-state index in [2.05, 4.69) is 0 Å². The fourth-order valence-electron chi connectivity index (χ4n) is 1.54. The van der Waals surface area contributed by atoms with Gasteiger partial charge in [0.25, 0.3) is 0 Å². The molecule has 0 spiro atoms. The molecule has 1 aromatic carbocycles. The van der Waals surface area contributed by atoms with Crippen molar-refractivity contribution in [2.75, 3.05) is 13.2 Å². The second kappa shape index (κ2) is 4.23. The minimum atomic E-state index is -0.939. The van der Waals surface area contributed by atoms with Crippen LogP contribution in [0.1, 0.15) is 18.8 Å². The maximum absolute atomic E-state index is 11.0. The summed E-state index contributed by atoms with van der Waals surface area (Å²) in [6, 6.07) is 9.50. The first kappa shape index (κ1) is 11.1. The number of carbonyl (C=O) groups is 1. The number of benzene rings is 1. The molecular weight excluding hydrogens is 208 g/mol. The van der Waals surface area contributed by atoms with Gasteiger partial charge in [-0.15, -0.1) is 0 Å². The van der Waals surface area contributed by atoms with Gasteiger partial charge in [0.2, 0.25) is 0 Å². The molecule has 86 valence electrons. The van der Waals surface area contributed by atoms with E-state index in [0.717, 1.165) is 5.56 Å². The predicted octanol–water partition coefficient (Wildman–Crippen LogP) is 1.82. The Morgan fingerprint density at radius 1 is 1.31 bits per heavy atom. The molecule has 1 heterocycles. The van der Waals surface area contributed by atoms with Crippen molar-refractivity contribution in [3.05, 3.63) is 35.9 Å². The molecule has 4 nitrogen and oxygen atoms in total. The van der Waals surface area contributed by atoms with Gasteiger partial charge in [0, 0.05) is 5.56 Å². The van der Waals surface area contributed by atoms with Crippen molar-refractivity contribution < 1.29 is 19.4 Å². The summed E-state index contributed by atoms with van der Waals surface area (Å²) in [6.45, 7) is 1.96. The Balaban J connectivity index is 2.03. The van der Waals surface area contributed by atoms with Crippen molar-refractivity contribution in [3.8, 4) is 0 Å². The highest BCUT2D eigenvalue weighted by molar-refractivity contribution is 5.74. The summed E-state index contributed by atoms with van der Waals surface area (Å²) in [4.78, 5) is 11.0. The highest BCUT2D eigenvalue weighted by atomic mass is 16.7. The second-order valence-electron chi connectivity index (χ2n) is 4.23. The molecule has 0 atom stereocenters. The normalized spacial score (nSPS) is 29.9. The molecule has 1 aliphatic heterocycles. The maximum atomic E-state index is 11.0. The van der Waals surface area contributed by atoms with Crippen LogP contribution in [0.5, 0.6) is 0 Å². The minimum absolute atomic E-state index is 0.169. The Morgan fingerprint density at radius 2 is 1.88 bits per heavy atom. The molecular formula is C12H14O4. The highest BCUT2D eigenvalue weighted by Gasteiger charge is 2.39. The second-order valence-corrected chi connectivity index (χ2v) is 4.23. The lowest BCUT2D eigenvalue weighted by atomic mass is 9.92. The van der Waals surface area contributed by atoms with Crippen LogP contribution in [0.2, 0.25) is 0 Å². The van der Waals surface area contributed by atoms with Gasteiger partial charge in [0.1, 0.15) is 5.41 Å². The maximum Gasteiger partial charge on any atom is 0.314 e. The van der Waals surface area contributed by atoms with Crippen LogP contribution < -0.4 is 0 Å². The molecule has 0 bridgehead atoms. The zero-order valence-corrected chi connectivity index (χ0v) is 9.05. The topological polar surface area (TPSA) is 55.8 Å². The van der Waals surface area contributed by atoms with E-state index in [1.165, 1.54) is 0 Å². The molecule has 1 fully saturated rings. The number of aliphatic carboxylic acids is 1. The summed E-state index contributed by atoms with van der Waals surface area (Å²) >= 11 is 0. The quantitative estimate of drug-likeness (QED) is 0.829. The predicted molar refractivity (Wildman–Crippen MR) is 56.8 cm³/mol. The third-order valence-electron chi connectivity index (χ3n) is 2.69. The highest BCUT2D eigenvalue weighted by Crippen LogP contribution is 2.31. The number of carboxylic acid groups (broad SMARTS) is 1. The fraction of sp³-hybridized carbons (Fsp3) is 0.417. The first-order valence-electron chi connectivity index (χ1n) is 5.13. The lowest BCUT2D eigenvalue weighted by Gasteiger charge is -2.34. The average molecular weight is 222 g/mol. The van der Waals surface area contributed by atoms with Crippen molar-refractivity contribution in [1.82, 2.24) is 0 Å². The summed E-state index contributed by atoms with van der Waals surface area (Å²) in [7, 11) is 0. The minimum Gasteiger partial charge on any atom is -0.481 e. The Labute approximate surface area is 93.8 Å². The molecule has 1 aromatic rings. The first-order chi connectivity index (χ1) is 7.62. The largest absolute Gasteiger partial charge is 0.481 e. The van der Waals surface area contributed by atoms with Gasteiger partial charge in [-0.25, -0.2) is 0 Å². The SMILES string of the molecule is CC1(C(=O)O)COC(c2ccccc2)OC1. The van der Waals surface area contributed by atoms with Crippen LogP contribution in [0.3, 0.4) is 0 Å². The summed E-state index contributed by atoms with van der Waals surface area (Å²) in [5.41, 5.74) is -0.0272. The van der Waals surface area contributed by atoms with E-state index in [0.29, 0.717) is 0 Å². The Kier molecular flexibility index (Phi) is 2.94. The van der Waals surface area contributed by atoms with Crippen LogP contribution in [0.4, 0.5) is 0 Å². The van der Waals surface area contributed by atoms with Crippen LogP contribution in [0, 0.1) is 5.41 Å². The molecule has 4 heteroatoms. The van der Waals surface area contributed by atoms with E-state index in [-0.39, 0.29) is 13.2 Å². The van der Waals surface area contributed by atoms with Crippen LogP contribution in [0.25, 0.3) is 0 Å². The Bertz CT molecular complexity index is 366. The molecule has 2 rings (SSSR count). The number of hydrogen-bond donors (Lipinski definition) is 1. The van der Waals surface area contributed by atoms with E-state index < -0.39 is 17.7 Å². The monoisotopic (exact) mass is 222 g/mol. The summed E-state index contributed by atoms with van der Waals surface area (Å²) in [6.07, 6.45) is -0.450. The first-order valence-corrected chi connectivity index (χ1v) is 5.13. The lowest BCUT2D eigenvalue weighted by Crippen LogP contribution is -2.42. The standard InChI is InChI=1S/C12H14O4/c1-12(11(13)14)7-15-10(16-8-12)9-5-3-2-4-6-9/h2-6,10H,7-8H2,1H3,(H,13,14). The van der Waals surface area contributed by atoms with Gasteiger partial charge >= 0.3 is 5.97 Å². The lowest BCUT2D eigenvalue weighted by molar-refractivity contribution is -0.234. The van der Waals surface area contributed by atoms with Gasteiger partial charge in [-0.1, -0.05) is 30.3 Å². The smallest absolute Gasteiger partial charge is 0.314 e. The van der Waals surface area contributed by atoms with E-state index in [1.807, 2.05) is 30.3 Å². The molecule has 16 heavy (non-hydrogen) atoms. The molecule has 0 aromatic heterocycles. The van der Waals surface area contributed by atoms with Crippen LogP contribution >= 0.6 is 0 Å². The van der Waals surface area contributed by atoms with Crippen LogP contribution in [-0.2, 0) is 14.3 Å². The van der Waals surface area contributed by atoms with Crippen molar-refractivity contribution in [1.29, 1.82) is 0 Å². The van der Waals surface area contributed by atoms with Crippen LogP contribution in [-0.4, -0.2) is 24.3 Å². The number of carboxylic acids is 1. The number of rotatable bonds is 2. The van der Waals surface area contributed by atoms with Gasteiger partial charge in [0.15, 0.2) is 6.29 Å². The van der Waals surface area contributed by atoms with Gasteiger partial charge in [-0.05, 0) is 6.92 Å². The Hall–Kier alpha value is -1.39. The van der Waals surface area contributed by atoms with Gasteiger partial charge < -0.3 is 14.6 Å². The van der Waals surface area contributed by atoms with Gasteiger partial charge in [-0.3, -0.25) is 4.79 Å². The summed E-state index contributed by atoms with van der Waals surface area (Å²) in [5, 5.41) is 8.99. The molecule has 0 amide bonds. The zero-order valence-electron chi connectivity index (χ0n) is 9.05. The third kappa shape index (κ3) is 2.08. The fourth-order valence-corrected chi connectivity index (χ4v) is 1.54. The molecule has 0 unspecified atom stereocenters. The van der Waals surface area contributed by atoms with E-state index in [9.17, 15) is 4.79 Å². The zero-order chi connectivity index (χ0) is 11.6. The number of hydrogen-bond acceptors (Lipinski definition) is 3.